The van der Waals surface area contributed by atoms with Gasteiger partial charge in [0, 0.05) is 11.1 Å². The van der Waals surface area contributed by atoms with E-state index in [-0.39, 0.29) is 5.82 Å². The Morgan fingerprint density at radius 1 is 1.19 bits per heavy atom. The van der Waals surface area contributed by atoms with Crippen molar-refractivity contribution in [2.24, 2.45) is 0 Å². The second kappa shape index (κ2) is 5.14. The molecule has 0 saturated carbocycles. The zero-order chi connectivity index (χ0) is 14.8. The summed E-state index contributed by atoms with van der Waals surface area (Å²) in [6.45, 7) is 2.03. The molecule has 0 unspecified atom stereocenters. The maximum absolute atomic E-state index is 9.28. The number of aryl methyl sites for hydroxylation is 1. The molecule has 0 aliphatic heterocycles. The van der Waals surface area contributed by atoms with E-state index in [2.05, 4.69) is 11.1 Å². The van der Waals surface area contributed by atoms with Gasteiger partial charge in [-0.2, -0.15) is 5.26 Å². The van der Waals surface area contributed by atoms with Crippen LogP contribution in [-0.2, 0) is 0 Å². The van der Waals surface area contributed by atoms with Gasteiger partial charge in [-0.3, -0.25) is 0 Å². The van der Waals surface area contributed by atoms with E-state index in [1.165, 1.54) is 5.56 Å². The summed E-state index contributed by atoms with van der Waals surface area (Å²) in [5, 5.41) is 9.28. The molecule has 0 spiro atoms. The van der Waals surface area contributed by atoms with Gasteiger partial charge in [0.25, 0.3) is 0 Å². The lowest BCUT2D eigenvalue weighted by atomic mass is 10.0. The van der Waals surface area contributed by atoms with Gasteiger partial charge in [-0.1, -0.05) is 29.8 Å². The predicted octanol–water partition coefficient (Wildman–Crippen LogP) is 3.77. The second-order valence-electron chi connectivity index (χ2n) is 4.77. The summed E-state index contributed by atoms with van der Waals surface area (Å²) in [6.07, 6.45) is 1.57. The molecular weight excluding hydrogens is 262 g/mol. The van der Waals surface area contributed by atoms with Crippen LogP contribution in [0, 0.1) is 18.3 Å². The van der Waals surface area contributed by atoms with Crippen molar-refractivity contribution in [3.05, 3.63) is 59.9 Å². The molecule has 0 atom stereocenters. The van der Waals surface area contributed by atoms with Crippen LogP contribution in [0.4, 0.5) is 5.82 Å². The number of pyridine rings is 1. The van der Waals surface area contributed by atoms with Gasteiger partial charge >= 0.3 is 0 Å². The number of nitrogens with two attached hydrogens (primary N) is 1. The van der Waals surface area contributed by atoms with Crippen LogP contribution in [0.15, 0.2) is 53.1 Å². The van der Waals surface area contributed by atoms with Crippen LogP contribution in [0.3, 0.4) is 0 Å². The molecule has 2 N–H and O–H groups in total. The molecule has 2 heterocycles. The smallest absolute Gasteiger partial charge is 0.142 e. The van der Waals surface area contributed by atoms with Crippen LogP contribution in [0.25, 0.3) is 22.6 Å². The number of furan rings is 1. The molecule has 2 aromatic heterocycles. The number of nitrogens with zero attached hydrogens (tertiary/aromatic N) is 2. The number of nitrogen functional groups attached to an aromatic ring is 1. The molecule has 21 heavy (non-hydrogen) atoms. The van der Waals surface area contributed by atoms with Gasteiger partial charge in [0.1, 0.15) is 23.2 Å². The van der Waals surface area contributed by atoms with E-state index in [1.54, 1.807) is 18.4 Å². The lowest BCUT2D eigenvalue weighted by Crippen LogP contribution is -1.99. The summed E-state index contributed by atoms with van der Waals surface area (Å²) in [4.78, 5) is 4.33. The third-order valence-electron chi connectivity index (χ3n) is 3.29. The number of anilines is 1. The third-order valence-corrected chi connectivity index (χ3v) is 3.29. The Morgan fingerprint density at radius 3 is 2.57 bits per heavy atom. The lowest BCUT2D eigenvalue weighted by Gasteiger charge is -2.08. The normalized spacial score (nSPS) is 10.3. The molecule has 0 aliphatic rings. The molecular formula is C17H13N3O. The Hall–Kier alpha value is -3.06. The molecule has 0 fully saturated rings. The number of aromatic nitrogens is 1. The molecule has 0 amide bonds. The Balaban J connectivity index is 2.21. The molecule has 0 aliphatic carbocycles. The Labute approximate surface area is 122 Å². The van der Waals surface area contributed by atoms with Gasteiger partial charge in [-0.05, 0) is 25.1 Å². The van der Waals surface area contributed by atoms with E-state index in [1.807, 2.05) is 37.3 Å². The standard InChI is InChI=1S/C17H13N3O/c1-11-4-6-12(7-5-11)15-9-13(16-3-2-8-21-16)14(10-18)17(19)20-15/h2-9H,1H3,(H2,19,20). The van der Waals surface area contributed by atoms with Crippen LogP contribution in [-0.4, -0.2) is 4.98 Å². The van der Waals surface area contributed by atoms with E-state index >= 15 is 0 Å². The maximum Gasteiger partial charge on any atom is 0.142 e. The van der Waals surface area contributed by atoms with E-state index in [0.29, 0.717) is 16.9 Å². The van der Waals surface area contributed by atoms with Gasteiger partial charge in [0.05, 0.1) is 12.0 Å². The summed E-state index contributed by atoms with van der Waals surface area (Å²) >= 11 is 0. The van der Waals surface area contributed by atoms with Crippen molar-refractivity contribution < 1.29 is 4.42 Å². The van der Waals surface area contributed by atoms with E-state index < -0.39 is 0 Å². The highest BCUT2D eigenvalue weighted by atomic mass is 16.3. The first-order chi connectivity index (χ1) is 10.2. The summed E-state index contributed by atoms with van der Waals surface area (Å²) < 4.78 is 5.39. The fourth-order valence-electron chi connectivity index (χ4n) is 2.18. The molecule has 4 nitrogen and oxygen atoms in total. The highest BCUT2D eigenvalue weighted by Crippen LogP contribution is 2.31. The van der Waals surface area contributed by atoms with E-state index in [9.17, 15) is 5.26 Å². The molecule has 0 bridgehead atoms. The van der Waals surface area contributed by atoms with Gasteiger partial charge in [0.2, 0.25) is 0 Å². The average molecular weight is 275 g/mol. The Bertz CT molecular complexity index is 812. The van der Waals surface area contributed by atoms with Crippen molar-refractivity contribution in [1.82, 2.24) is 4.98 Å². The SMILES string of the molecule is Cc1ccc(-c2cc(-c3ccco3)c(C#N)c(N)n2)cc1. The molecule has 3 rings (SSSR count). The summed E-state index contributed by atoms with van der Waals surface area (Å²) in [6, 6.07) is 15.5. The molecule has 1 aromatic carbocycles. The van der Waals surface area contributed by atoms with E-state index in [0.717, 1.165) is 11.3 Å². The highest BCUT2D eigenvalue weighted by Gasteiger charge is 2.14. The number of nitriles is 1. The van der Waals surface area contributed by atoms with Crippen molar-refractivity contribution in [2.75, 3.05) is 5.73 Å². The van der Waals surface area contributed by atoms with Crippen LogP contribution in [0.1, 0.15) is 11.1 Å². The van der Waals surface area contributed by atoms with Gasteiger partial charge < -0.3 is 10.2 Å². The van der Waals surface area contributed by atoms with Crippen LogP contribution < -0.4 is 5.73 Å². The predicted molar refractivity (Wildman–Crippen MR) is 81.2 cm³/mol. The number of rotatable bonds is 2. The molecule has 4 heteroatoms. The Kier molecular flexibility index (Phi) is 3.17. The molecule has 3 aromatic rings. The summed E-state index contributed by atoms with van der Waals surface area (Å²) in [5.74, 6) is 0.816. The van der Waals surface area contributed by atoms with Gasteiger partial charge in [-0.25, -0.2) is 4.98 Å². The van der Waals surface area contributed by atoms with Crippen LogP contribution in [0.5, 0.6) is 0 Å². The minimum absolute atomic E-state index is 0.210. The average Bonchev–Trinajstić information content (AvgIpc) is 3.01. The topological polar surface area (TPSA) is 75.8 Å². The quantitative estimate of drug-likeness (QED) is 0.772. The van der Waals surface area contributed by atoms with Gasteiger partial charge in [-0.15, -0.1) is 0 Å². The maximum atomic E-state index is 9.28. The largest absolute Gasteiger partial charge is 0.464 e. The zero-order valence-electron chi connectivity index (χ0n) is 11.5. The molecule has 0 radical (unpaired) electrons. The first-order valence-corrected chi connectivity index (χ1v) is 6.50. The minimum atomic E-state index is 0.210. The van der Waals surface area contributed by atoms with Crippen molar-refractivity contribution >= 4 is 5.82 Å². The number of hydrogen-bond donors (Lipinski definition) is 1. The Morgan fingerprint density at radius 2 is 1.95 bits per heavy atom. The molecule has 102 valence electrons. The van der Waals surface area contributed by atoms with Crippen LogP contribution in [0.2, 0.25) is 0 Å². The van der Waals surface area contributed by atoms with Crippen molar-refractivity contribution in [3.8, 4) is 28.7 Å². The van der Waals surface area contributed by atoms with E-state index in [4.69, 9.17) is 10.2 Å². The summed E-state index contributed by atoms with van der Waals surface area (Å²) in [5.41, 5.74) is 9.76. The molecule has 0 saturated heterocycles. The number of hydrogen-bond acceptors (Lipinski definition) is 4. The van der Waals surface area contributed by atoms with Crippen molar-refractivity contribution in [3.63, 3.8) is 0 Å². The summed E-state index contributed by atoms with van der Waals surface area (Å²) in [7, 11) is 0. The van der Waals surface area contributed by atoms with Crippen molar-refractivity contribution in [1.29, 1.82) is 5.26 Å². The first kappa shape index (κ1) is 12.9. The minimum Gasteiger partial charge on any atom is -0.464 e. The zero-order valence-corrected chi connectivity index (χ0v) is 11.5. The van der Waals surface area contributed by atoms with Crippen LogP contribution >= 0.6 is 0 Å². The fourth-order valence-corrected chi connectivity index (χ4v) is 2.18. The fraction of sp³-hybridized carbons (Fsp3) is 0.0588. The second-order valence-corrected chi connectivity index (χ2v) is 4.77. The first-order valence-electron chi connectivity index (χ1n) is 6.50. The monoisotopic (exact) mass is 275 g/mol. The van der Waals surface area contributed by atoms with Gasteiger partial charge in [0.15, 0.2) is 0 Å². The highest BCUT2D eigenvalue weighted by molar-refractivity contribution is 5.77. The van der Waals surface area contributed by atoms with Crippen molar-refractivity contribution in [2.45, 2.75) is 6.92 Å². The third kappa shape index (κ3) is 2.37. The number of benzene rings is 1. The lowest BCUT2D eigenvalue weighted by molar-refractivity contribution is 0.582.